The van der Waals surface area contributed by atoms with Crippen molar-refractivity contribution in [1.82, 2.24) is 5.48 Å². The fourth-order valence-electron chi connectivity index (χ4n) is 1.35. The SMILES string of the molecule is CNOC1CCCCC1. The summed E-state index contributed by atoms with van der Waals surface area (Å²) in [5, 5.41) is 0. The van der Waals surface area contributed by atoms with Gasteiger partial charge in [-0.3, -0.25) is 4.84 Å². The van der Waals surface area contributed by atoms with Crippen LogP contribution in [0.25, 0.3) is 0 Å². The Morgan fingerprint density at radius 2 is 1.89 bits per heavy atom. The van der Waals surface area contributed by atoms with Crippen molar-refractivity contribution < 1.29 is 4.84 Å². The second kappa shape index (κ2) is 3.85. The first-order valence-corrected chi connectivity index (χ1v) is 3.76. The summed E-state index contributed by atoms with van der Waals surface area (Å²) in [5.74, 6) is 0. The molecule has 1 aliphatic rings. The smallest absolute Gasteiger partial charge is 0.0790 e. The zero-order chi connectivity index (χ0) is 6.53. The van der Waals surface area contributed by atoms with Crippen molar-refractivity contribution in [3.05, 3.63) is 0 Å². The summed E-state index contributed by atoms with van der Waals surface area (Å²) in [6.07, 6.45) is 7.04. The molecule has 0 saturated heterocycles. The Morgan fingerprint density at radius 3 is 2.44 bits per heavy atom. The van der Waals surface area contributed by atoms with E-state index in [1.54, 1.807) is 0 Å². The van der Waals surface area contributed by atoms with Crippen LogP contribution in [0.3, 0.4) is 0 Å². The van der Waals surface area contributed by atoms with Crippen LogP contribution in [0.15, 0.2) is 0 Å². The molecule has 0 amide bonds. The first-order valence-electron chi connectivity index (χ1n) is 3.76. The van der Waals surface area contributed by atoms with Gasteiger partial charge in [-0.1, -0.05) is 19.3 Å². The minimum atomic E-state index is 0.490. The minimum absolute atomic E-state index is 0.490. The molecule has 1 fully saturated rings. The molecular weight excluding hydrogens is 114 g/mol. The van der Waals surface area contributed by atoms with E-state index in [9.17, 15) is 0 Å². The van der Waals surface area contributed by atoms with Gasteiger partial charge in [-0.2, -0.15) is 0 Å². The Hall–Kier alpha value is -0.0800. The van der Waals surface area contributed by atoms with Gasteiger partial charge in [0.15, 0.2) is 0 Å². The number of hydrogen-bond donors (Lipinski definition) is 1. The van der Waals surface area contributed by atoms with Gasteiger partial charge >= 0.3 is 0 Å². The second-order valence-electron chi connectivity index (χ2n) is 2.58. The molecule has 1 saturated carbocycles. The quantitative estimate of drug-likeness (QED) is 0.570. The van der Waals surface area contributed by atoms with Crippen LogP contribution in [0.1, 0.15) is 32.1 Å². The van der Waals surface area contributed by atoms with Crippen molar-refractivity contribution >= 4 is 0 Å². The zero-order valence-corrected chi connectivity index (χ0v) is 6.02. The maximum atomic E-state index is 5.23. The van der Waals surface area contributed by atoms with E-state index in [1.165, 1.54) is 32.1 Å². The molecule has 0 atom stereocenters. The maximum absolute atomic E-state index is 5.23. The summed E-state index contributed by atoms with van der Waals surface area (Å²) < 4.78 is 0. The van der Waals surface area contributed by atoms with E-state index in [1.807, 2.05) is 7.05 Å². The molecule has 0 spiro atoms. The van der Waals surface area contributed by atoms with E-state index in [-0.39, 0.29) is 0 Å². The number of hydroxylamine groups is 1. The average Bonchev–Trinajstić information content (AvgIpc) is 1.91. The van der Waals surface area contributed by atoms with Crippen LogP contribution in [0.2, 0.25) is 0 Å². The summed E-state index contributed by atoms with van der Waals surface area (Å²) in [6.45, 7) is 0. The highest BCUT2D eigenvalue weighted by molar-refractivity contribution is 4.63. The maximum Gasteiger partial charge on any atom is 0.0790 e. The van der Waals surface area contributed by atoms with Crippen LogP contribution < -0.4 is 5.48 Å². The van der Waals surface area contributed by atoms with Crippen LogP contribution >= 0.6 is 0 Å². The van der Waals surface area contributed by atoms with Crippen molar-refractivity contribution in [3.63, 3.8) is 0 Å². The van der Waals surface area contributed by atoms with Gasteiger partial charge in [0.2, 0.25) is 0 Å². The minimum Gasteiger partial charge on any atom is -0.299 e. The van der Waals surface area contributed by atoms with Crippen molar-refractivity contribution in [2.24, 2.45) is 0 Å². The van der Waals surface area contributed by atoms with E-state index in [4.69, 9.17) is 4.84 Å². The summed E-state index contributed by atoms with van der Waals surface area (Å²) in [7, 11) is 1.83. The molecule has 9 heavy (non-hydrogen) atoms. The highest BCUT2D eigenvalue weighted by atomic mass is 16.7. The lowest BCUT2D eigenvalue weighted by molar-refractivity contribution is -0.0302. The highest BCUT2D eigenvalue weighted by Crippen LogP contribution is 2.18. The van der Waals surface area contributed by atoms with Gasteiger partial charge in [-0.15, -0.1) is 0 Å². The van der Waals surface area contributed by atoms with Crippen LogP contribution in [-0.4, -0.2) is 13.2 Å². The van der Waals surface area contributed by atoms with Gasteiger partial charge in [0.25, 0.3) is 0 Å². The van der Waals surface area contributed by atoms with Gasteiger partial charge in [0.1, 0.15) is 0 Å². The molecule has 2 nitrogen and oxygen atoms in total. The Balaban J connectivity index is 2.08. The van der Waals surface area contributed by atoms with Crippen molar-refractivity contribution in [1.29, 1.82) is 0 Å². The molecule has 0 aromatic rings. The fraction of sp³-hybridized carbons (Fsp3) is 1.00. The third-order valence-corrected chi connectivity index (χ3v) is 1.84. The molecule has 0 aromatic carbocycles. The van der Waals surface area contributed by atoms with Crippen LogP contribution in [-0.2, 0) is 4.84 Å². The van der Waals surface area contributed by atoms with E-state index in [2.05, 4.69) is 5.48 Å². The third-order valence-electron chi connectivity index (χ3n) is 1.84. The Bertz CT molecular complexity index is 66.6. The van der Waals surface area contributed by atoms with Crippen LogP contribution in [0.4, 0.5) is 0 Å². The highest BCUT2D eigenvalue weighted by Gasteiger charge is 2.12. The van der Waals surface area contributed by atoms with Crippen molar-refractivity contribution in [3.8, 4) is 0 Å². The predicted octanol–water partition coefficient (Wildman–Crippen LogP) is 1.47. The Labute approximate surface area is 56.5 Å². The van der Waals surface area contributed by atoms with Crippen molar-refractivity contribution in [2.75, 3.05) is 7.05 Å². The largest absolute Gasteiger partial charge is 0.299 e. The predicted molar refractivity (Wildman–Crippen MR) is 37.0 cm³/mol. The van der Waals surface area contributed by atoms with Gasteiger partial charge in [-0.25, -0.2) is 5.48 Å². The molecule has 0 heterocycles. The fourth-order valence-corrected chi connectivity index (χ4v) is 1.35. The van der Waals surface area contributed by atoms with Gasteiger partial charge in [0.05, 0.1) is 6.10 Å². The molecule has 1 rings (SSSR count). The standard InChI is InChI=1S/C7H15NO/c1-8-9-7-5-3-2-4-6-7/h7-8H,2-6H2,1H3. The number of hydrogen-bond acceptors (Lipinski definition) is 2. The molecule has 0 aliphatic heterocycles. The molecule has 0 radical (unpaired) electrons. The first-order chi connectivity index (χ1) is 4.43. The lowest BCUT2D eigenvalue weighted by Gasteiger charge is -2.20. The zero-order valence-electron chi connectivity index (χ0n) is 6.02. The molecule has 0 unspecified atom stereocenters. The van der Waals surface area contributed by atoms with E-state index < -0.39 is 0 Å². The van der Waals surface area contributed by atoms with E-state index in [0.717, 1.165) is 0 Å². The topological polar surface area (TPSA) is 21.3 Å². The van der Waals surface area contributed by atoms with Gasteiger partial charge < -0.3 is 0 Å². The molecule has 0 bridgehead atoms. The third kappa shape index (κ3) is 2.33. The van der Waals surface area contributed by atoms with E-state index >= 15 is 0 Å². The molecule has 1 N–H and O–H groups in total. The normalized spacial score (nSPS) is 22.3. The van der Waals surface area contributed by atoms with E-state index in [0.29, 0.717) is 6.10 Å². The van der Waals surface area contributed by atoms with Crippen LogP contribution in [0.5, 0.6) is 0 Å². The molecule has 54 valence electrons. The second-order valence-corrected chi connectivity index (χ2v) is 2.58. The van der Waals surface area contributed by atoms with Gasteiger partial charge in [0, 0.05) is 7.05 Å². The van der Waals surface area contributed by atoms with Crippen LogP contribution in [0, 0.1) is 0 Å². The number of nitrogens with one attached hydrogen (secondary N) is 1. The lowest BCUT2D eigenvalue weighted by atomic mass is 9.98. The summed E-state index contributed by atoms with van der Waals surface area (Å²) in [4.78, 5) is 5.23. The molecule has 0 aromatic heterocycles. The summed E-state index contributed by atoms with van der Waals surface area (Å²) in [5.41, 5.74) is 2.74. The summed E-state index contributed by atoms with van der Waals surface area (Å²) >= 11 is 0. The Morgan fingerprint density at radius 1 is 1.22 bits per heavy atom. The Kier molecular flexibility index (Phi) is 3.01. The summed E-state index contributed by atoms with van der Waals surface area (Å²) in [6, 6.07) is 0. The lowest BCUT2D eigenvalue weighted by Crippen LogP contribution is -2.22. The van der Waals surface area contributed by atoms with Crippen molar-refractivity contribution in [2.45, 2.75) is 38.2 Å². The molecule has 1 aliphatic carbocycles. The average molecular weight is 129 g/mol. The molecule has 2 heteroatoms. The first kappa shape index (κ1) is 7.03. The molecular formula is C7H15NO. The number of rotatable bonds is 2. The van der Waals surface area contributed by atoms with Gasteiger partial charge in [-0.05, 0) is 12.8 Å². The monoisotopic (exact) mass is 129 g/mol.